The Morgan fingerprint density at radius 2 is 1.61 bits per heavy atom. The predicted octanol–water partition coefficient (Wildman–Crippen LogP) is 4.53. The van der Waals surface area contributed by atoms with Crippen molar-refractivity contribution in [2.24, 2.45) is 4.99 Å². The first-order valence-electron chi connectivity index (χ1n) is 10.6. The second-order valence-corrected chi connectivity index (χ2v) is 8.44. The molecule has 0 spiro atoms. The lowest BCUT2D eigenvalue weighted by atomic mass is 9.74. The Morgan fingerprint density at radius 3 is 2.23 bits per heavy atom. The zero-order valence-corrected chi connectivity index (χ0v) is 20.1. The van der Waals surface area contributed by atoms with E-state index in [-0.39, 0.29) is 46.4 Å². The van der Waals surface area contributed by atoms with Crippen LogP contribution in [0.5, 0.6) is 0 Å². The quantitative estimate of drug-likeness (QED) is 0.321. The summed E-state index contributed by atoms with van der Waals surface area (Å²) < 4.78 is 33.7. The highest BCUT2D eigenvalue weighted by atomic mass is 127. The fourth-order valence-corrected chi connectivity index (χ4v) is 4.46. The van der Waals surface area contributed by atoms with Crippen molar-refractivity contribution in [3.63, 3.8) is 0 Å². The van der Waals surface area contributed by atoms with Gasteiger partial charge in [0.15, 0.2) is 5.96 Å². The number of hydrogen-bond acceptors (Lipinski definition) is 2. The number of nitrogens with one attached hydrogen (secondary N) is 2. The number of rotatable bonds is 6. The maximum atomic E-state index is 14.3. The van der Waals surface area contributed by atoms with Crippen LogP contribution in [0, 0.1) is 11.6 Å². The highest BCUT2D eigenvalue weighted by Crippen LogP contribution is 2.48. The minimum atomic E-state index is -0.221. The highest BCUT2D eigenvalue weighted by molar-refractivity contribution is 14.0. The number of ether oxygens (including phenoxy) is 1. The van der Waals surface area contributed by atoms with E-state index in [0.717, 1.165) is 36.8 Å². The summed E-state index contributed by atoms with van der Waals surface area (Å²) in [5, 5.41) is 6.82. The summed E-state index contributed by atoms with van der Waals surface area (Å²) in [7, 11) is 1.73. The van der Waals surface area contributed by atoms with Gasteiger partial charge in [0.05, 0.1) is 0 Å². The van der Waals surface area contributed by atoms with Gasteiger partial charge in [-0.25, -0.2) is 8.78 Å². The summed E-state index contributed by atoms with van der Waals surface area (Å²) in [6.07, 6.45) is 3.56. The number of nitrogens with zero attached hydrogens (tertiary/aromatic N) is 1. The van der Waals surface area contributed by atoms with E-state index in [1.54, 1.807) is 25.2 Å². The molecular weight excluding hydrogens is 511 g/mol. The van der Waals surface area contributed by atoms with Gasteiger partial charge in [-0.05, 0) is 55.0 Å². The van der Waals surface area contributed by atoms with Crippen LogP contribution < -0.4 is 10.6 Å². The molecular formula is C24H30F2IN3O. The van der Waals surface area contributed by atoms with Gasteiger partial charge in [-0.15, -0.1) is 24.0 Å². The van der Waals surface area contributed by atoms with Crippen LogP contribution in [0.1, 0.15) is 36.8 Å². The van der Waals surface area contributed by atoms with Crippen molar-refractivity contribution >= 4 is 29.9 Å². The Kier molecular flexibility index (Phi) is 7.91. The van der Waals surface area contributed by atoms with Gasteiger partial charge in [0, 0.05) is 44.2 Å². The fraction of sp³-hybridized carbons (Fsp3) is 0.458. The lowest BCUT2D eigenvalue weighted by Crippen LogP contribution is -2.49. The lowest BCUT2D eigenvalue weighted by molar-refractivity contribution is 0.0513. The van der Waals surface area contributed by atoms with Crippen LogP contribution >= 0.6 is 24.0 Å². The molecule has 0 radical (unpaired) electrons. The van der Waals surface area contributed by atoms with Crippen molar-refractivity contribution in [1.82, 2.24) is 10.6 Å². The maximum absolute atomic E-state index is 14.3. The molecule has 1 aliphatic heterocycles. The van der Waals surface area contributed by atoms with Crippen LogP contribution in [-0.4, -0.2) is 39.3 Å². The predicted molar refractivity (Wildman–Crippen MR) is 130 cm³/mol. The van der Waals surface area contributed by atoms with Crippen molar-refractivity contribution in [3.05, 3.63) is 71.3 Å². The third-order valence-corrected chi connectivity index (χ3v) is 6.60. The first-order chi connectivity index (χ1) is 14.6. The zero-order valence-electron chi connectivity index (χ0n) is 17.8. The number of halogens is 3. The SMILES string of the molecule is CN=C(NCC1(c2cccc(F)c2)CCOCC1)NCC1(c2ccccc2F)CC1.I. The van der Waals surface area contributed by atoms with Crippen LogP contribution in [-0.2, 0) is 15.6 Å². The Bertz CT molecular complexity index is 911. The number of guanidine groups is 1. The topological polar surface area (TPSA) is 45.7 Å². The second kappa shape index (κ2) is 10.3. The fourth-order valence-electron chi connectivity index (χ4n) is 4.46. The van der Waals surface area contributed by atoms with E-state index < -0.39 is 0 Å². The molecule has 0 aromatic heterocycles. The molecule has 4 nitrogen and oxygen atoms in total. The van der Waals surface area contributed by atoms with Crippen molar-refractivity contribution in [3.8, 4) is 0 Å². The number of benzene rings is 2. The average Bonchev–Trinajstić information content (AvgIpc) is 3.56. The van der Waals surface area contributed by atoms with Gasteiger partial charge in [0.2, 0.25) is 0 Å². The molecule has 4 rings (SSSR count). The Hall–Kier alpha value is -1.74. The summed E-state index contributed by atoms with van der Waals surface area (Å²) in [5.41, 5.74) is 1.38. The smallest absolute Gasteiger partial charge is 0.191 e. The van der Waals surface area contributed by atoms with Gasteiger partial charge in [0.25, 0.3) is 0 Å². The monoisotopic (exact) mass is 541 g/mol. The molecule has 1 heterocycles. The molecule has 0 bridgehead atoms. The summed E-state index contributed by atoms with van der Waals surface area (Å²) in [6.45, 7) is 2.57. The third kappa shape index (κ3) is 5.37. The second-order valence-electron chi connectivity index (χ2n) is 8.44. The van der Waals surface area contributed by atoms with E-state index in [0.29, 0.717) is 32.3 Å². The highest BCUT2D eigenvalue weighted by Gasteiger charge is 2.46. The van der Waals surface area contributed by atoms with Crippen molar-refractivity contribution < 1.29 is 13.5 Å². The van der Waals surface area contributed by atoms with Crippen LogP contribution in [0.4, 0.5) is 8.78 Å². The molecule has 1 saturated carbocycles. The van der Waals surface area contributed by atoms with E-state index >= 15 is 0 Å². The first-order valence-corrected chi connectivity index (χ1v) is 10.6. The van der Waals surface area contributed by atoms with Gasteiger partial charge in [-0.3, -0.25) is 4.99 Å². The zero-order chi connectivity index (χ0) is 21.0. The van der Waals surface area contributed by atoms with Crippen LogP contribution in [0.25, 0.3) is 0 Å². The van der Waals surface area contributed by atoms with Crippen molar-refractivity contribution in [2.75, 3.05) is 33.4 Å². The molecule has 2 N–H and O–H groups in total. The lowest BCUT2D eigenvalue weighted by Gasteiger charge is -2.38. The summed E-state index contributed by atoms with van der Waals surface area (Å²) in [5.74, 6) is 0.313. The van der Waals surface area contributed by atoms with E-state index in [1.807, 2.05) is 18.2 Å². The number of aliphatic imine (C=N–C) groups is 1. The Labute approximate surface area is 199 Å². The van der Waals surface area contributed by atoms with Crippen molar-refractivity contribution in [1.29, 1.82) is 0 Å². The normalized spacial score (nSPS) is 19.3. The maximum Gasteiger partial charge on any atom is 0.191 e. The van der Waals surface area contributed by atoms with E-state index in [1.165, 1.54) is 12.1 Å². The molecule has 0 unspecified atom stereocenters. The Balaban J connectivity index is 0.00000272. The molecule has 2 aromatic rings. The standard InChI is InChI=1S/C24H29F2N3O.HI/c1-27-22(29-17-24(9-10-24)20-7-2-3-8-21(20)26)28-16-23(11-13-30-14-12-23)18-5-4-6-19(25)15-18;/h2-8,15H,9-14,16-17H2,1H3,(H2,27,28,29);1H. The molecule has 168 valence electrons. The largest absolute Gasteiger partial charge is 0.381 e. The van der Waals surface area contributed by atoms with Crippen molar-refractivity contribution in [2.45, 2.75) is 36.5 Å². The van der Waals surface area contributed by atoms with Gasteiger partial charge in [-0.1, -0.05) is 30.3 Å². The van der Waals surface area contributed by atoms with Gasteiger partial charge in [0.1, 0.15) is 11.6 Å². The number of hydrogen-bond donors (Lipinski definition) is 2. The van der Waals surface area contributed by atoms with Crippen LogP contribution in [0.2, 0.25) is 0 Å². The van der Waals surface area contributed by atoms with Gasteiger partial charge in [-0.2, -0.15) is 0 Å². The molecule has 2 aliphatic rings. The molecule has 1 saturated heterocycles. The molecule has 7 heteroatoms. The molecule has 1 aliphatic carbocycles. The van der Waals surface area contributed by atoms with E-state index in [9.17, 15) is 8.78 Å². The first kappa shape index (κ1) is 23.9. The molecule has 0 amide bonds. The van der Waals surface area contributed by atoms with Gasteiger partial charge >= 0.3 is 0 Å². The van der Waals surface area contributed by atoms with Crippen LogP contribution in [0.15, 0.2) is 53.5 Å². The molecule has 0 atom stereocenters. The average molecular weight is 541 g/mol. The summed E-state index contributed by atoms with van der Waals surface area (Å²) in [6, 6.07) is 13.9. The summed E-state index contributed by atoms with van der Waals surface area (Å²) >= 11 is 0. The molecule has 2 aromatic carbocycles. The third-order valence-electron chi connectivity index (χ3n) is 6.60. The van der Waals surface area contributed by atoms with Gasteiger partial charge < -0.3 is 15.4 Å². The molecule has 31 heavy (non-hydrogen) atoms. The van der Waals surface area contributed by atoms with Crippen LogP contribution in [0.3, 0.4) is 0 Å². The van der Waals surface area contributed by atoms with E-state index in [2.05, 4.69) is 15.6 Å². The van der Waals surface area contributed by atoms with E-state index in [4.69, 9.17) is 4.74 Å². The minimum absolute atomic E-state index is 0. The molecule has 2 fully saturated rings. The Morgan fingerprint density at radius 1 is 0.935 bits per heavy atom. The summed E-state index contributed by atoms with van der Waals surface area (Å²) in [4.78, 5) is 4.36. The minimum Gasteiger partial charge on any atom is -0.381 e.